The van der Waals surface area contributed by atoms with E-state index >= 15 is 0 Å². The van der Waals surface area contributed by atoms with Crippen molar-refractivity contribution in [1.29, 1.82) is 0 Å². The second-order valence-electron chi connectivity index (χ2n) is 1.51. The quantitative estimate of drug-likeness (QED) is 0.403. The maximum Gasteiger partial charge on any atom is 0.406 e. The van der Waals surface area contributed by atoms with Gasteiger partial charge in [-0.3, -0.25) is 0 Å². The molecule has 0 atom stereocenters. The molecule has 0 fully saturated rings. The van der Waals surface area contributed by atoms with Gasteiger partial charge in [0.2, 0.25) is 0 Å². The number of alkyl carbamates (subject to hydrolysis) is 1. The lowest BCUT2D eigenvalue weighted by Gasteiger charge is -2.05. The van der Waals surface area contributed by atoms with Crippen LogP contribution in [0.5, 0.6) is 0 Å². The summed E-state index contributed by atoms with van der Waals surface area (Å²) in [5.74, 6) is 0. The van der Waals surface area contributed by atoms with Gasteiger partial charge in [-0.25, -0.2) is 4.79 Å². The van der Waals surface area contributed by atoms with Crippen LogP contribution in [0, 0.1) is 0 Å². The predicted molar refractivity (Wildman–Crippen MR) is 32.6 cm³/mol. The van der Waals surface area contributed by atoms with Crippen molar-refractivity contribution in [3.63, 3.8) is 0 Å². The molecule has 0 aliphatic carbocycles. The molecule has 0 spiro atoms. The van der Waals surface area contributed by atoms with Crippen LogP contribution in [0.25, 0.3) is 0 Å². The molecule has 0 radical (unpaired) electrons. The summed E-state index contributed by atoms with van der Waals surface area (Å²) in [7, 11) is 1.46. The first-order chi connectivity index (χ1) is 4.16. The highest BCUT2D eigenvalue weighted by atomic mass is 16.5. The van der Waals surface area contributed by atoms with E-state index in [2.05, 4.69) is 10.1 Å². The molecule has 1 amide bonds. The van der Waals surface area contributed by atoms with Crippen LogP contribution in [0.2, 0.25) is 0 Å². The number of rotatable bonds is 2. The third kappa shape index (κ3) is 5.05. The number of ether oxygens (including phenoxy) is 1. The van der Waals surface area contributed by atoms with Crippen LogP contribution in [-0.4, -0.2) is 25.9 Å². The van der Waals surface area contributed by atoms with Gasteiger partial charge in [0.25, 0.3) is 0 Å². The van der Waals surface area contributed by atoms with E-state index in [1.54, 1.807) is 0 Å². The first kappa shape index (κ1) is 8.19. The zero-order chi connectivity index (χ0) is 7.28. The number of hydrogen-bond donors (Lipinski definition) is 3. The summed E-state index contributed by atoms with van der Waals surface area (Å²) < 4.78 is 4.45. The maximum atomic E-state index is 10.3. The van der Waals surface area contributed by atoms with E-state index in [4.69, 9.17) is 11.5 Å². The van der Waals surface area contributed by atoms with Crippen molar-refractivity contribution in [2.45, 2.75) is 6.17 Å². The highest BCUT2D eigenvalue weighted by molar-refractivity contribution is 5.66. The van der Waals surface area contributed by atoms with Gasteiger partial charge in [0.15, 0.2) is 0 Å². The molecular weight excluding hydrogens is 122 g/mol. The summed E-state index contributed by atoms with van der Waals surface area (Å²) in [6.07, 6.45) is -1.11. The lowest BCUT2D eigenvalue weighted by Crippen LogP contribution is -2.37. The van der Waals surface area contributed by atoms with Crippen molar-refractivity contribution in [2.24, 2.45) is 11.5 Å². The summed E-state index contributed by atoms with van der Waals surface area (Å²) in [5, 5.41) is 2.25. The van der Waals surface area contributed by atoms with Gasteiger partial charge in [0, 0.05) is 7.05 Å². The van der Waals surface area contributed by atoms with Gasteiger partial charge in [-0.05, 0) is 0 Å². The minimum Gasteiger partial charge on any atom is -0.446 e. The molecule has 5 nitrogen and oxygen atoms in total. The van der Waals surface area contributed by atoms with Gasteiger partial charge < -0.3 is 21.5 Å². The molecule has 0 aromatic rings. The molecule has 9 heavy (non-hydrogen) atoms. The Bertz CT molecular complexity index is 93.8. The fourth-order valence-electron chi connectivity index (χ4n) is 0.244. The molecule has 0 bridgehead atoms. The first-order valence-corrected chi connectivity index (χ1v) is 2.52. The van der Waals surface area contributed by atoms with E-state index in [-0.39, 0.29) is 6.61 Å². The first-order valence-electron chi connectivity index (χ1n) is 2.52. The number of hydrogen-bond acceptors (Lipinski definition) is 4. The fourth-order valence-corrected chi connectivity index (χ4v) is 0.244. The lowest BCUT2D eigenvalue weighted by atomic mass is 10.6. The number of carbonyl (C=O) groups is 1. The summed E-state index contributed by atoms with van der Waals surface area (Å²) >= 11 is 0. The Hall–Kier alpha value is -0.810. The zero-order valence-corrected chi connectivity index (χ0v) is 5.26. The van der Waals surface area contributed by atoms with Gasteiger partial charge in [-0.15, -0.1) is 0 Å². The van der Waals surface area contributed by atoms with Gasteiger partial charge in [-0.2, -0.15) is 0 Å². The van der Waals surface area contributed by atoms with E-state index in [1.165, 1.54) is 7.05 Å². The Kier molecular flexibility index (Phi) is 3.74. The Morgan fingerprint density at radius 2 is 2.33 bits per heavy atom. The standard InChI is InChI=1S/C4H11N3O2/c1-7-4(8)9-2-3(5)6/h3H,2,5-6H2,1H3,(H,7,8). The van der Waals surface area contributed by atoms with Crippen molar-refractivity contribution < 1.29 is 9.53 Å². The van der Waals surface area contributed by atoms with E-state index in [0.717, 1.165) is 0 Å². The predicted octanol–water partition coefficient (Wildman–Crippen LogP) is -1.41. The second-order valence-corrected chi connectivity index (χ2v) is 1.51. The second kappa shape index (κ2) is 4.11. The Morgan fingerprint density at radius 3 is 2.67 bits per heavy atom. The highest BCUT2D eigenvalue weighted by Gasteiger charge is 1.98. The number of carbonyl (C=O) groups excluding carboxylic acids is 1. The number of nitrogens with two attached hydrogens (primary N) is 2. The van der Waals surface area contributed by atoms with Crippen LogP contribution < -0.4 is 16.8 Å². The Balaban J connectivity index is 3.17. The van der Waals surface area contributed by atoms with Crippen LogP contribution in [0.1, 0.15) is 0 Å². The van der Waals surface area contributed by atoms with Crippen molar-refractivity contribution in [3.8, 4) is 0 Å². The summed E-state index contributed by atoms with van der Waals surface area (Å²) in [5.41, 5.74) is 10.1. The van der Waals surface area contributed by atoms with Gasteiger partial charge in [-0.1, -0.05) is 0 Å². The summed E-state index contributed by atoms with van der Waals surface area (Å²) in [4.78, 5) is 10.3. The molecule has 54 valence electrons. The summed E-state index contributed by atoms with van der Waals surface area (Å²) in [6, 6.07) is 0. The van der Waals surface area contributed by atoms with Crippen LogP contribution >= 0.6 is 0 Å². The van der Waals surface area contributed by atoms with Gasteiger partial charge >= 0.3 is 6.09 Å². The number of amides is 1. The molecule has 0 aliphatic rings. The number of nitrogens with one attached hydrogen (secondary N) is 1. The molecule has 0 saturated carbocycles. The molecule has 5 heteroatoms. The fraction of sp³-hybridized carbons (Fsp3) is 0.750. The molecule has 0 aromatic heterocycles. The molecular formula is C4H11N3O2. The SMILES string of the molecule is CNC(=O)OCC(N)N. The molecule has 0 aliphatic heterocycles. The third-order valence-corrected chi connectivity index (χ3v) is 0.611. The van der Waals surface area contributed by atoms with Gasteiger partial charge in [0.05, 0.1) is 6.17 Å². The minimum absolute atomic E-state index is 0.0413. The Morgan fingerprint density at radius 1 is 1.78 bits per heavy atom. The molecule has 5 N–H and O–H groups in total. The monoisotopic (exact) mass is 133 g/mol. The average Bonchev–Trinajstić information content (AvgIpc) is 1.83. The Labute approximate surface area is 53.3 Å². The van der Waals surface area contributed by atoms with E-state index < -0.39 is 12.3 Å². The van der Waals surface area contributed by atoms with Crippen molar-refractivity contribution in [1.82, 2.24) is 5.32 Å². The minimum atomic E-state index is -0.595. The van der Waals surface area contributed by atoms with E-state index in [1.807, 2.05) is 0 Å². The van der Waals surface area contributed by atoms with Crippen LogP contribution in [0.15, 0.2) is 0 Å². The van der Waals surface area contributed by atoms with Crippen LogP contribution in [0.3, 0.4) is 0 Å². The highest BCUT2D eigenvalue weighted by Crippen LogP contribution is 1.74. The molecule has 0 rings (SSSR count). The lowest BCUT2D eigenvalue weighted by molar-refractivity contribution is 0.142. The normalized spacial score (nSPS) is 9.33. The van der Waals surface area contributed by atoms with E-state index in [0.29, 0.717) is 0 Å². The van der Waals surface area contributed by atoms with Crippen molar-refractivity contribution >= 4 is 6.09 Å². The van der Waals surface area contributed by atoms with Crippen molar-refractivity contribution in [2.75, 3.05) is 13.7 Å². The van der Waals surface area contributed by atoms with Crippen LogP contribution in [0.4, 0.5) is 4.79 Å². The molecule has 0 heterocycles. The van der Waals surface area contributed by atoms with Gasteiger partial charge in [0.1, 0.15) is 6.61 Å². The topological polar surface area (TPSA) is 90.4 Å². The van der Waals surface area contributed by atoms with Crippen molar-refractivity contribution in [3.05, 3.63) is 0 Å². The smallest absolute Gasteiger partial charge is 0.406 e. The molecule has 0 unspecified atom stereocenters. The van der Waals surface area contributed by atoms with E-state index in [9.17, 15) is 4.79 Å². The zero-order valence-electron chi connectivity index (χ0n) is 5.26. The summed E-state index contributed by atoms with van der Waals surface area (Å²) in [6.45, 7) is 0.0413. The largest absolute Gasteiger partial charge is 0.446 e. The van der Waals surface area contributed by atoms with Crippen LogP contribution in [-0.2, 0) is 4.74 Å². The maximum absolute atomic E-state index is 10.3. The average molecular weight is 133 g/mol. The third-order valence-electron chi connectivity index (χ3n) is 0.611. The molecule has 0 aromatic carbocycles. The molecule has 0 saturated heterocycles.